The van der Waals surface area contributed by atoms with Crippen LogP contribution in [0, 0.1) is 6.92 Å². The molecule has 0 spiro atoms. The number of aryl methyl sites for hydroxylation is 1. The number of rotatable bonds is 2. The molecule has 0 bridgehead atoms. The Balaban J connectivity index is 1.87. The van der Waals surface area contributed by atoms with Gasteiger partial charge in [0.1, 0.15) is 0 Å². The fraction of sp³-hybridized carbons (Fsp3) is 0.0588. The van der Waals surface area contributed by atoms with Crippen LogP contribution < -0.4 is 27.0 Å². The maximum absolute atomic E-state index is 12.1. The molecular formula is C17H13N3O3. The fourth-order valence-electron chi connectivity index (χ4n) is 2.33. The van der Waals surface area contributed by atoms with Gasteiger partial charge in [-0.05, 0) is 24.6 Å². The van der Waals surface area contributed by atoms with E-state index in [9.17, 15) is 14.4 Å². The summed E-state index contributed by atoms with van der Waals surface area (Å²) in [6, 6.07) is 13.1. The molecule has 0 aliphatic rings. The number of anilines is 1. The van der Waals surface area contributed by atoms with Crippen LogP contribution in [0.3, 0.4) is 0 Å². The lowest BCUT2D eigenvalue weighted by molar-refractivity contribution is 0.252. The van der Waals surface area contributed by atoms with Gasteiger partial charge in [-0.2, -0.15) is 5.10 Å². The van der Waals surface area contributed by atoms with Crippen LogP contribution in [-0.2, 0) is 0 Å². The maximum atomic E-state index is 12.1. The van der Waals surface area contributed by atoms with Crippen LogP contribution in [0.4, 0.5) is 10.5 Å². The second-order valence-electron chi connectivity index (χ2n) is 5.10. The second kappa shape index (κ2) is 5.84. The average Bonchev–Trinajstić information content (AvgIpc) is 2.77. The number of hydrogen-bond donors (Lipinski definition) is 2. The van der Waals surface area contributed by atoms with Gasteiger partial charge in [-0.3, -0.25) is 9.59 Å². The van der Waals surface area contributed by atoms with Crippen molar-refractivity contribution in [1.29, 1.82) is 0 Å². The van der Waals surface area contributed by atoms with Gasteiger partial charge >= 0.3 is 6.03 Å². The molecule has 2 N–H and O–H groups in total. The summed E-state index contributed by atoms with van der Waals surface area (Å²) in [6.07, 6.45) is 0. The smallest absolute Gasteiger partial charge is 0.307 e. The van der Waals surface area contributed by atoms with Gasteiger partial charge in [-0.1, -0.05) is 36.4 Å². The van der Waals surface area contributed by atoms with E-state index in [1.54, 1.807) is 42.5 Å². The summed E-state index contributed by atoms with van der Waals surface area (Å²) in [6.45, 7) is 1.90. The Hall–Kier alpha value is -3.28. The van der Waals surface area contributed by atoms with Gasteiger partial charge in [-0.15, -0.1) is 0 Å². The van der Waals surface area contributed by atoms with E-state index in [0.717, 1.165) is 5.56 Å². The van der Waals surface area contributed by atoms with Crippen LogP contribution in [0.25, 0.3) is 10.8 Å². The van der Waals surface area contributed by atoms with Crippen molar-refractivity contribution < 1.29 is 4.79 Å². The first-order chi connectivity index (χ1) is 11.1. The molecule has 0 unspecified atom stereocenters. The minimum absolute atomic E-state index is 0.286. The number of benzene rings is 2. The van der Waals surface area contributed by atoms with Crippen molar-refractivity contribution in [2.75, 3.05) is 5.32 Å². The molecule has 2 amide bonds. The molecule has 0 heterocycles. The van der Waals surface area contributed by atoms with Crippen LogP contribution in [0.2, 0.25) is 0 Å². The van der Waals surface area contributed by atoms with E-state index in [2.05, 4.69) is 15.8 Å². The van der Waals surface area contributed by atoms with Gasteiger partial charge in [0, 0.05) is 16.5 Å². The molecule has 114 valence electrons. The van der Waals surface area contributed by atoms with Crippen molar-refractivity contribution in [2.24, 2.45) is 5.10 Å². The number of carbonyl (C=O) groups is 1. The number of nitrogens with one attached hydrogen (secondary N) is 2. The van der Waals surface area contributed by atoms with Crippen molar-refractivity contribution in [3.8, 4) is 0 Å². The van der Waals surface area contributed by atoms with Crippen molar-refractivity contribution >= 4 is 22.5 Å². The molecule has 0 saturated carbocycles. The van der Waals surface area contributed by atoms with E-state index >= 15 is 0 Å². The van der Waals surface area contributed by atoms with Crippen LogP contribution in [-0.4, -0.2) is 6.03 Å². The van der Waals surface area contributed by atoms with Crippen molar-refractivity contribution in [3.63, 3.8) is 0 Å². The topological polar surface area (TPSA) is 87.6 Å². The molecule has 0 radical (unpaired) electrons. The molecule has 0 aliphatic heterocycles. The van der Waals surface area contributed by atoms with E-state index < -0.39 is 16.9 Å². The largest absolute Gasteiger partial charge is 0.339 e. The maximum Gasteiger partial charge on any atom is 0.339 e. The number of fused-ring (bicyclic) bond motifs is 1. The summed E-state index contributed by atoms with van der Waals surface area (Å²) in [5.41, 5.74) is 2.80. The van der Waals surface area contributed by atoms with E-state index in [1.165, 1.54) is 0 Å². The highest BCUT2D eigenvalue weighted by Gasteiger charge is 2.10. The van der Waals surface area contributed by atoms with E-state index in [4.69, 9.17) is 0 Å². The third kappa shape index (κ3) is 2.87. The van der Waals surface area contributed by atoms with E-state index in [0.29, 0.717) is 16.5 Å². The zero-order valence-corrected chi connectivity index (χ0v) is 12.3. The zero-order valence-electron chi connectivity index (χ0n) is 12.3. The number of carbonyl (C=O) groups excluding carboxylic acids is 1. The van der Waals surface area contributed by atoms with Gasteiger partial charge in [0.2, 0.25) is 10.9 Å². The summed E-state index contributed by atoms with van der Waals surface area (Å²) in [5, 5.41) is 6.57. The summed E-state index contributed by atoms with van der Waals surface area (Å²) in [4.78, 5) is 36.0. The highest BCUT2D eigenvalue weighted by atomic mass is 16.2. The molecule has 0 aromatic heterocycles. The lowest BCUT2D eigenvalue weighted by Crippen LogP contribution is -2.36. The van der Waals surface area contributed by atoms with Crippen LogP contribution >= 0.6 is 0 Å². The Morgan fingerprint density at radius 1 is 0.957 bits per heavy atom. The molecule has 0 aliphatic carbocycles. The van der Waals surface area contributed by atoms with Crippen molar-refractivity contribution in [1.82, 2.24) is 5.43 Å². The molecule has 3 aromatic carbocycles. The molecule has 6 nitrogen and oxygen atoms in total. The van der Waals surface area contributed by atoms with Gasteiger partial charge in [0.05, 0.1) is 0 Å². The van der Waals surface area contributed by atoms with Crippen LogP contribution in [0.5, 0.6) is 0 Å². The highest BCUT2D eigenvalue weighted by Crippen LogP contribution is 2.08. The quantitative estimate of drug-likeness (QED) is 0.701. The Kier molecular flexibility index (Phi) is 3.72. The van der Waals surface area contributed by atoms with E-state index in [-0.39, 0.29) is 5.36 Å². The Labute approximate surface area is 130 Å². The second-order valence-corrected chi connectivity index (χ2v) is 5.10. The molecule has 3 rings (SSSR count). The first-order valence-corrected chi connectivity index (χ1v) is 6.96. The van der Waals surface area contributed by atoms with Gasteiger partial charge < -0.3 is 5.32 Å². The monoisotopic (exact) mass is 307 g/mol. The highest BCUT2D eigenvalue weighted by molar-refractivity contribution is 5.89. The SMILES string of the molecule is Cc1cccc(NC(=O)NN=c2c(=O)c3ccccc3c2=O)c1. The van der Waals surface area contributed by atoms with Gasteiger partial charge in [0.15, 0.2) is 5.36 Å². The molecule has 0 saturated heterocycles. The predicted octanol–water partition coefficient (Wildman–Crippen LogP) is 1.38. The zero-order chi connectivity index (χ0) is 16.4. The normalized spacial score (nSPS) is 10.5. The Morgan fingerprint density at radius 2 is 1.61 bits per heavy atom. The predicted molar refractivity (Wildman–Crippen MR) is 87.8 cm³/mol. The third-order valence-electron chi connectivity index (χ3n) is 3.39. The Morgan fingerprint density at radius 3 is 2.22 bits per heavy atom. The minimum atomic E-state index is -0.625. The number of amides is 2. The van der Waals surface area contributed by atoms with Gasteiger partial charge in [0.25, 0.3) is 0 Å². The number of nitrogens with zero attached hydrogens (tertiary/aromatic N) is 1. The standard InChI is InChI=1S/C17H13N3O3/c1-10-5-4-6-11(9-10)18-17(23)20-19-14-15(21)12-7-2-3-8-13(12)16(14)22/h2-9H,1H3,(H2,18,20,23). The summed E-state index contributed by atoms with van der Waals surface area (Å²) < 4.78 is 0. The lowest BCUT2D eigenvalue weighted by atomic mass is 10.2. The number of urea groups is 1. The molecule has 0 atom stereocenters. The molecule has 23 heavy (non-hydrogen) atoms. The fourth-order valence-corrected chi connectivity index (χ4v) is 2.33. The molecule has 0 fully saturated rings. The molecule has 3 aromatic rings. The van der Waals surface area contributed by atoms with Crippen LogP contribution in [0.1, 0.15) is 5.56 Å². The van der Waals surface area contributed by atoms with Crippen molar-refractivity contribution in [2.45, 2.75) is 6.92 Å². The first-order valence-electron chi connectivity index (χ1n) is 6.96. The Bertz CT molecular complexity index is 997. The average molecular weight is 307 g/mol. The summed E-state index contributed by atoms with van der Waals surface area (Å²) in [5.74, 6) is 0. The molecular weight excluding hydrogens is 294 g/mol. The molecule has 6 heteroatoms. The minimum Gasteiger partial charge on any atom is -0.307 e. The lowest BCUT2D eigenvalue weighted by Gasteiger charge is -2.04. The van der Waals surface area contributed by atoms with E-state index in [1.807, 2.05) is 13.0 Å². The number of hydrogen-bond acceptors (Lipinski definition) is 4. The first kappa shape index (κ1) is 14.6. The summed E-state index contributed by atoms with van der Waals surface area (Å²) in [7, 11) is 0. The van der Waals surface area contributed by atoms with Crippen molar-refractivity contribution in [3.05, 3.63) is 79.9 Å². The van der Waals surface area contributed by atoms with Gasteiger partial charge in [-0.25, -0.2) is 10.2 Å². The van der Waals surface area contributed by atoms with Crippen LogP contribution in [0.15, 0.2) is 63.2 Å². The summed E-state index contributed by atoms with van der Waals surface area (Å²) >= 11 is 0. The third-order valence-corrected chi connectivity index (χ3v) is 3.39.